The minimum atomic E-state index is 1.13. The SMILES string of the molecule is Cc1cccc2c(N(c3ccccc3)c3ccc(-c4ccc5c(c4)c4ccccc4n5-c4ccccc4)cc3)cccc12. The van der Waals surface area contributed by atoms with Crippen LogP contribution in [-0.4, -0.2) is 4.57 Å². The lowest BCUT2D eigenvalue weighted by Crippen LogP contribution is -2.10. The summed E-state index contributed by atoms with van der Waals surface area (Å²) in [5.41, 5.74) is 10.8. The van der Waals surface area contributed by atoms with Crippen molar-refractivity contribution in [1.29, 1.82) is 0 Å². The van der Waals surface area contributed by atoms with E-state index in [2.05, 4.69) is 180 Å². The molecule has 0 spiro atoms. The quantitative estimate of drug-likeness (QED) is 0.207. The molecule has 2 heteroatoms. The Kier molecular flexibility index (Phi) is 6.05. The van der Waals surface area contributed by atoms with Crippen molar-refractivity contribution < 1.29 is 0 Å². The first-order chi connectivity index (χ1) is 21.3. The van der Waals surface area contributed by atoms with E-state index in [1.807, 2.05) is 0 Å². The summed E-state index contributed by atoms with van der Waals surface area (Å²) in [4.78, 5) is 2.36. The molecule has 0 radical (unpaired) electrons. The van der Waals surface area contributed by atoms with Crippen molar-refractivity contribution in [3.05, 3.63) is 169 Å². The van der Waals surface area contributed by atoms with Gasteiger partial charge >= 0.3 is 0 Å². The molecule has 0 saturated heterocycles. The number of hydrogen-bond donors (Lipinski definition) is 0. The van der Waals surface area contributed by atoms with Gasteiger partial charge in [0.15, 0.2) is 0 Å². The largest absolute Gasteiger partial charge is 0.310 e. The third-order valence-electron chi connectivity index (χ3n) is 8.52. The Hall–Kier alpha value is -5.60. The van der Waals surface area contributed by atoms with Crippen LogP contribution in [0.3, 0.4) is 0 Å². The van der Waals surface area contributed by atoms with Crippen molar-refractivity contribution in [1.82, 2.24) is 4.57 Å². The number of anilines is 3. The summed E-state index contributed by atoms with van der Waals surface area (Å²) in [6, 6.07) is 59.0. The summed E-state index contributed by atoms with van der Waals surface area (Å²) in [6.07, 6.45) is 0. The van der Waals surface area contributed by atoms with Gasteiger partial charge in [-0.15, -0.1) is 0 Å². The van der Waals surface area contributed by atoms with Gasteiger partial charge in [0.05, 0.1) is 16.7 Å². The average Bonchev–Trinajstić information content (AvgIpc) is 3.40. The molecule has 2 nitrogen and oxygen atoms in total. The topological polar surface area (TPSA) is 8.17 Å². The summed E-state index contributed by atoms with van der Waals surface area (Å²) >= 11 is 0. The van der Waals surface area contributed by atoms with E-state index in [0.29, 0.717) is 0 Å². The van der Waals surface area contributed by atoms with Crippen molar-refractivity contribution in [2.24, 2.45) is 0 Å². The van der Waals surface area contributed by atoms with Gasteiger partial charge in [-0.1, -0.05) is 103 Å². The first kappa shape index (κ1) is 25.1. The van der Waals surface area contributed by atoms with Gasteiger partial charge in [-0.2, -0.15) is 0 Å². The van der Waals surface area contributed by atoms with Gasteiger partial charge in [-0.3, -0.25) is 0 Å². The Balaban J connectivity index is 1.25. The zero-order chi connectivity index (χ0) is 28.8. The molecule has 0 saturated carbocycles. The van der Waals surface area contributed by atoms with Gasteiger partial charge in [0.1, 0.15) is 0 Å². The van der Waals surface area contributed by atoms with E-state index in [1.165, 1.54) is 60.6 Å². The van der Waals surface area contributed by atoms with Crippen LogP contribution in [0.2, 0.25) is 0 Å². The van der Waals surface area contributed by atoms with Gasteiger partial charge in [-0.25, -0.2) is 0 Å². The standard InChI is InChI=1S/C41H30N2/c1-29-12-10-19-36-35(29)18-11-21-39(36)42(32-13-4-2-5-14-32)34-25-22-30(23-26-34)31-24-27-41-38(28-31)37-17-8-9-20-40(37)43(41)33-15-6-3-7-16-33/h2-28H,1H3. The summed E-state index contributed by atoms with van der Waals surface area (Å²) in [6.45, 7) is 2.18. The molecule has 0 amide bonds. The highest BCUT2D eigenvalue weighted by atomic mass is 15.1. The van der Waals surface area contributed by atoms with Crippen LogP contribution in [0.15, 0.2) is 164 Å². The average molecular weight is 551 g/mol. The van der Waals surface area contributed by atoms with Crippen LogP contribution in [-0.2, 0) is 0 Å². The number of nitrogens with zero attached hydrogens (tertiary/aromatic N) is 2. The molecule has 7 aromatic carbocycles. The Morgan fingerprint density at radius 3 is 1.84 bits per heavy atom. The molecule has 8 rings (SSSR count). The van der Waals surface area contributed by atoms with Gasteiger partial charge in [0.2, 0.25) is 0 Å². The third-order valence-corrected chi connectivity index (χ3v) is 8.52. The maximum atomic E-state index is 2.36. The molecular formula is C41H30N2. The van der Waals surface area contributed by atoms with E-state index >= 15 is 0 Å². The number of fused-ring (bicyclic) bond motifs is 4. The normalized spacial score (nSPS) is 11.4. The zero-order valence-corrected chi connectivity index (χ0v) is 24.0. The highest BCUT2D eigenvalue weighted by Crippen LogP contribution is 2.40. The molecule has 1 heterocycles. The predicted molar refractivity (Wildman–Crippen MR) is 183 cm³/mol. The van der Waals surface area contributed by atoms with Crippen molar-refractivity contribution >= 4 is 49.6 Å². The van der Waals surface area contributed by atoms with Gasteiger partial charge < -0.3 is 9.47 Å². The minimum absolute atomic E-state index is 1.13. The summed E-state index contributed by atoms with van der Waals surface area (Å²) in [5, 5.41) is 5.05. The maximum Gasteiger partial charge on any atom is 0.0541 e. The fraction of sp³-hybridized carbons (Fsp3) is 0.0244. The van der Waals surface area contributed by atoms with Crippen LogP contribution in [0.1, 0.15) is 5.56 Å². The number of aryl methyl sites for hydroxylation is 1. The second-order valence-corrected chi connectivity index (χ2v) is 11.1. The van der Waals surface area contributed by atoms with Crippen molar-refractivity contribution in [2.45, 2.75) is 6.92 Å². The first-order valence-corrected chi connectivity index (χ1v) is 14.8. The number of para-hydroxylation sites is 3. The highest BCUT2D eigenvalue weighted by molar-refractivity contribution is 6.10. The lowest BCUT2D eigenvalue weighted by atomic mass is 10.0. The first-order valence-electron chi connectivity index (χ1n) is 14.8. The second kappa shape index (κ2) is 10.3. The number of aromatic nitrogens is 1. The Bertz CT molecular complexity index is 2230. The van der Waals surface area contributed by atoms with Crippen LogP contribution in [0.4, 0.5) is 17.1 Å². The van der Waals surface area contributed by atoms with Crippen molar-refractivity contribution in [2.75, 3.05) is 4.90 Å². The molecule has 0 aliphatic heterocycles. The van der Waals surface area contributed by atoms with E-state index in [4.69, 9.17) is 0 Å². The van der Waals surface area contributed by atoms with Gasteiger partial charge in [0, 0.05) is 33.2 Å². The molecule has 0 unspecified atom stereocenters. The van der Waals surface area contributed by atoms with Crippen LogP contribution in [0.25, 0.3) is 49.4 Å². The molecule has 43 heavy (non-hydrogen) atoms. The second-order valence-electron chi connectivity index (χ2n) is 11.1. The summed E-state index contributed by atoms with van der Waals surface area (Å²) in [7, 11) is 0. The van der Waals surface area contributed by atoms with Crippen molar-refractivity contribution in [3.63, 3.8) is 0 Å². The van der Waals surface area contributed by atoms with Crippen molar-refractivity contribution in [3.8, 4) is 16.8 Å². The predicted octanol–water partition coefficient (Wildman–Crippen LogP) is 11.4. The highest BCUT2D eigenvalue weighted by Gasteiger charge is 2.17. The molecule has 8 aromatic rings. The van der Waals surface area contributed by atoms with Crippen LogP contribution >= 0.6 is 0 Å². The smallest absolute Gasteiger partial charge is 0.0541 e. The molecule has 0 fully saturated rings. The Morgan fingerprint density at radius 1 is 0.419 bits per heavy atom. The summed E-state index contributed by atoms with van der Waals surface area (Å²) < 4.78 is 2.36. The molecular weight excluding hydrogens is 520 g/mol. The molecule has 0 bridgehead atoms. The van der Waals surface area contributed by atoms with E-state index in [-0.39, 0.29) is 0 Å². The Morgan fingerprint density at radius 2 is 1.02 bits per heavy atom. The summed E-state index contributed by atoms with van der Waals surface area (Å²) in [5.74, 6) is 0. The van der Waals surface area contributed by atoms with E-state index < -0.39 is 0 Å². The number of rotatable bonds is 5. The monoisotopic (exact) mass is 550 g/mol. The van der Waals surface area contributed by atoms with Gasteiger partial charge in [0.25, 0.3) is 0 Å². The Labute approximate surface area is 251 Å². The molecule has 1 aromatic heterocycles. The van der Waals surface area contributed by atoms with E-state index in [1.54, 1.807) is 0 Å². The lowest BCUT2D eigenvalue weighted by molar-refractivity contribution is 1.18. The molecule has 0 aliphatic rings. The maximum absolute atomic E-state index is 2.36. The molecule has 0 atom stereocenters. The molecule has 0 N–H and O–H groups in total. The molecule has 204 valence electrons. The van der Waals surface area contributed by atoms with Crippen LogP contribution in [0, 0.1) is 6.92 Å². The minimum Gasteiger partial charge on any atom is -0.310 e. The molecule has 0 aliphatic carbocycles. The van der Waals surface area contributed by atoms with Crippen LogP contribution < -0.4 is 4.90 Å². The lowest BCUT2D eigenvalue weighted by Gasteiger charge is -2.27. The number of benzene rings is 7. The zero-order valence-electron chi connectivity index (χ0n) is 24.0. The van der Waals surface area contributed by atoms with E-state index in [9.17, 15) is 0 Å². The van der Waals surface area contributed by atoms with E-state index in [0.717, 1.165) is 11.4 Å². The fourth-order valence-electron chi connectivity index (χ4n) is 6.46. The number of hydrogen-bond acceptors (Lipinski definition) is 1. The van der Waals surface area contributed by atoms with Crippen LogP contribution in [0.5, 0.6) is 0 Å². The fourth-order valence-corrected chi connectivity index (χ4v) is 6.46. The van der Waals surface area contributed by atoms with Gasteiger partial charge in [-0.05, 0) is 89.7 Å². The third kappa shape index (κ3) is 4.27.